The fraction of sp³-hybridized carbons (Fsp3) is 0.368. The van der Waals surface area contributed by atoms with Gasteiger partial charge in [-0.3, -0.25) is 4.31 Å². The molecule has 0 aliphatic heterocycles. The van der Waals surface area contributed by atoms with Crippen molar-refractivity contribution in [3.8, 4) is 0 Å². The quantitative estimate of drug-likeness (QED) is 0.461. The smallest absolute Gasteiger partial charge is 0.262 e. The predicted octanol–water partition coefficient (Wildman–Crippen LogP) is 5.45. The molecule has 2 aromatic rings. The maximum Gasteiger partial charge on any atom is 0.264 e. The maximum atomic E-state index is 13.4. The van der Waals surface area contributed by atoms with E-state index in [1.54, 1.807) is 19.9 Å². The van der Waals surface area contributed by atoms with Gasteiger partial charge in [0.15, 0.2) is 0 Å². The Kier molecular flexibility index (Phi) is 8.27. The molecule has 1 atom stereocenters. The van der Waals surface area contributed by atoms with Crippen molar-refractivity contribution in [2.45, 2.75) is 37.6 Å². The number of sulfonamides is 1. The minimum atomic E-state index is -4.00. The summed E-state index contributed by atoms with van der Waals surface area (Å²) in [6, 6.07) is 9.83. The summed E-state index contributed by atoms with van der Waals surface area (Å²) in [6.45, 7) is 3.30. The topological polar surface area (TPSA) is 71.5 Å². The Bertz CT molecular complexity index is 1060. The normalized spacial score (nSPS) is 13.3. The molecule has 2 aromatic carbocycles. The Morgan fingerprint density at radius 3 is 2.10 bits per heavy atom. The van der Waals surface area contributed by atoms with Gasteiger partial charge in [-0.05, 0) is 62.2 Å². The molecule has 0 saturated heterocycles. The highest BCUT2D eigenvalue weighted by atomic mass is 35.5. The molecule has 2 rings (SSSR count). The van der Waals surface area contributed by atoms with Crippen LogP contribution >= 0.6 is 34.8 Å². The molecular weight excluding hydrogens is 477 g/mol. The third-order valence-electron chi connectivity index (χ3n) is 4.43. The first-order valence-electron chi connectivity index (χ1n) is 8.93. The second-order valence-corrected chi connectivity index (χ2v) is 12.1. The Morgan fingerprint density at radius 1 is 0.931 bits per heavy atom. The van der Waals surface area contributed by atoms with Gasteiger partial charge in [-0.1, -0.05) is 41.7 Å². The van der Waals surface area contributed by atoms with Crippen molar-refractivity contribution in [3.63, 3.8) is 0 Å². The second-order valence-electron chi connectivity index (χ2n) is 6.58. The van der Waals surface area contributed by atoms with Crippen LogP contribution in [0.1, 0.15) is 26.7 Å². The molecule has 29 heavy (non-hydrogen) atoms. The summed E-state index contributed by atoms with van der Waals surface area (Å²) in [7, 11) is -7.14. The van der Waals surface area contributed by atoms with Crippen molar-refractivity contribution in [2.75, 3.05) is 15.8 Å². The highest BCUT2D eigenvalue weighted by molar-refractivity contribution is 7.93. The minimum absolute atomic E-state index is 0.00799. The van der Waals surface area contributed by atoms with Crippen LogP contribution in [0.2, 0.25) is 15.1 Å². The number of nitrogens with zero attached hydrogens (tertiary/aromatic N) is 1. The average molecular weight is 499 g/mol. The van der Waals surface area contributed by atoms with Gasteiger partial charge in [-0.25, -0.2) is 16.8 Å². The van der Waals surface area contributed by atoms with E-state index in [0.29, 0.717) is 22.9 Å². The van der Waals surface area contributed by atoms with E-state index in [2.05, 4.69) is 0 Å². The van der Waals surface area contributed by atoms with Crippen LogP contribution in [-0.2, 0) is 19.9 Å². The minimum Gasteiger partial charge on any atom is -0.262 e. The molecule has 0 heterocycles. The number of rotatable bonds is 9. The second kappa shape index (κ2) is 9.88. The van der Waals surface area contributed by atoms with E-state index in [1.165, 1.54) is 40.7 Å². The SMILES string of the molecule is CCS(=O)(=O)CCC[C@@H](C)N(c1cc(Cl)ccc1Cl)S(=O)(=O)c1ccc(Cl)cc1. The van der Waals surface area contributed by atoms with Gasteiger partial charge >= 0.3 is 0 Å². The van der Waals surface area contributed by atoms with Crippen LogP contribution in [0.5, 0.6) is 0 Å². The summed E-state index contributed by atoms with van der Waals surface area (Å²) >= 11 is 18.3. The van der Waals surface area contributed by atoms with Crippen molar-refractivity contribution in [2.24, 2.45) is 0 Å². The van der Waals surface area contributed by atoms with Gasteiger partial charge in [0.05, 0.1) is 21.4 Å². The molecule has 0 N–H and O–H groups in total. The van der Waals surface area contributed by atoms with Crippen LogP contribution in [0.4, 0.5) is 5.69 Å². The fourth-order valence-electron chi connectivity index (χ4n) is 2.84. The van der Waals surface area contributed by atoms with Crippen molar-refractivity contribution in [1.82, 2.24) is 0 Å². The van der Waals surface area contributed by atoms with E-state index in [0.717, 1.165) is 0 Å². The maximum absolute atomic E-state index is 13.4. The lowest BCUT2D eigenvalue weighted by molar-refractivity contribution is 0.566. The molecule has 10 heteroatoms. The van der Waals surface area contributed by atoms with Gasteiger partial charge < -0.3 is 0 Å². The van der Waals surface area contributed by atoms with Crippen LogP contribution in [0, 0.1) is 0 Å². The summed E-state index contributed by atoms with van der Waals surface area (Å²) in [5.74, 6) is 0.0419. The van der Waals surface area contributed by atoms with Crippen LogP contribution in [-0.4, -0.2) is 34.4 Å². The number of anilines is 1. The Balaban J connectivity index is 2.46. The van der Waals surface area contributed by atoms with Gasteiger partial charge in [0.25, 0.3) is 10.0 Å². The molecule has 5 nitrogen and oxygen atoms in total. The Morgan fingerprint density at radius 2 is 1.52 bits per heavy atom. The predicted molar refractivity (Wildman–Crippen MR) is 121 cm³/mol. The molecular formula is C19H22Cl3NO4S2. The molecule has 160 valence electrons. The first kappa shape index (κ1) is 24.3. The van der Waals surface area contributed by atoms with Gasteiger partial charge in [0.2, 0.25) is 0 Å². The fourth-order valence-corrected chi connectivity index (χ4v) is 5.98. The zero-order valence-electron chi connectivity index (χ0n) is 16.0. The first-order valence-corrected chi connectivity index (χ1v) is 13.3. The summed E-state index contributed by atoms with van der Waals surface area (Å²) in [4.78, 5) is 0.0472. The van der Waals surface area contributed by atoms with Crippen molar-refractivity contribution in [1.29, 1.82) is 0 Å². The number of sulfone groups is 1. The molecule has 0 bridgehead atoms. The van der Waals surface area contributed by atoms with Gasteiger partial charge in [0, 0.05) is 21.8 Å². The summed E-state index contributed by atoms with van der Waals surface area (Å²) in [5.41, 5.74) is 0.236. The molecule has 0 aliphatic rings. The van der Waals surface area contributed by atoms with Crippen molar-refractivity contribution < 1.29 is 16.8 Å². The standard InChI is InChI=1S/C19H22Cl3NO4S2/c1-3-28(24,25)12-4-5-14(2)23(19-13-16(21)8-11-18(19)22)29(26,27)17-9-6-15(20)7-10-17/h6-11,13-14H,3-5,12H2,1-2H3/t14-/m1/s1. The molecule has 0 radical (unpaired) electrons. The van der Waals surface area contributed by atoms with Crippen LogP contribution in [0.25, 0.3) is 0 Å². The molecule has 0 spiro atoms. The summed E-state index contributed by atoms with van der Waals surface area (Å²) in [5, 5.41) is 0.968. The zero-order valence-corrected chi connectivity index (χ0v) is 19.9. The van der Waals surface area contributed by atoms with Crippen molar-refractivity contribution >= 4 is 60.4 Å². The van der Waals surface area contributed by atoms with Crippen LogP contribution in [0.3, 0.4) is 0 Å². The molecule has 0 aliphatic carbocycles. The monoisotopic (exact) mass is 497 g/mol. The van der Waals surface area contributed by atoms with Gasteiger partial charge in [-0.15, -0.1) is 0 Å². The molecule has 0 aromatic heterocycles. The van der Waals surface area contributed by atoms with Crippen molar-refractivity contribution in [3.05, 3.63) is 57.5 Å². The lowest BCUT2D eigenvalue weighted by Gasteiger charge is -2.31. The highest BCUT2D eigenvalue weighted by Gasteiger charge is 2.31. The largest absolute Gasteiger partial charge is 0.264 e. The van der Waals surface area contributed by atoms with E-state index in [1.807, 2.05) is 0 Å². The van der Waals surface area contributed by atoms with E-state index < -0.39 is 25.9 Å². The van der Waals surface area contributed by atoms with E-state index >= 15 is 0 Å². The van der Waals surface area contributed by atoms with E-state index in [-0.39, 0.29) is 27.1 Å². The van der Waals surface area contributed by atoms with Crippen LogP contribution in [0.15, 0.2) is 47.4 Å². The van der Waals surface area contributed by atoms with Gasteiger partial charge in [0.1, 0.15) is 9.84 Å². The molecule has 0 fully saturated rings. The number of hydrogen-bond acceptors (Lipinski definition) is 4. The summed E-state index contributed by atoms with van der Waals surface area (Å²) in [6.07, 6.45) is 0.650. The molecule has 0 amide bonds. The van der Waals surface area contributed by atoms with Gasteiger partial charge in [-0.2, -0.15) is 0 Å². The first-order chi connectivity index (χ1) is 13.5. The number of hydrogen-bond donors (Lipinski definition) is 0. The van der Waals surface area contributed by atoms with E-state index in [9.17, 15) is 16.8 Å². The van der Waals surface area contributed by atoms with E-state index in [4.69, 9.17) is 34.8 Å². The van der Waals surface area contributed by atoms with Crippen LogP contribution < -0.4 is 4.31 Å². The number of halogens is 3. The number of benzene rings is 2. The summed E-state index contributed by atoms with van der Waals surface area (Å²) < 4.78 is 51.6. The third-order valence-corrected chi connectivity index (χ3v) is 8.97. The zero-order chi connectivity index (χ0) is 21.8. The Labute approximate surface area is 187 Å². The lowest BCUT2D eigenvalue weighted by atomic mass is 10.2. The average Bonchev–Trinajstić information content (AvgIpc) is 2.65. The third kappa shape index (κ3) is 6.25. The highest BCUT2D eigenvalue weighted by Crippen LogP contribution is 2.35. The molecule has 0 unspecified atom stereocenters. The lowest BCUT2D eigenvalue weighted by Crippen LogP contribution is -2.39. The Hall–Kier alpha value is -0.990. The molecule has 0 saturated carbocycles.